The van der Waals surface area contributed by atoms with Crippen LogP contribution in [0.3, 0.4) is 0 Å². The molecular formula is C14H15FN2O3. The molecule has 5 nitrogen and oxygen atoms in total. The lowest BCUT2D eigenvalue weighted by atomic mass is 9.90. The van der Waals surface area contributed by atoms with Gasteiger partial charge in [-0.1, -0.05) is 0 Å². The van der Waals surface area contributed by atoms with Crippen molar-refractivity contribution in [2.75, 3.05) is 18.0 Å². The number of nitrogens with one attached hydrogen (secondary N) is 1. The van der Waals surface area contributed by atoms with E-state index in [1.165, 1.54) is 12.1 Å². The minimum Gasteiger partial charge on any atom is -0.478 e. The molecule has 0 aliphatic carbocycles. The summed E-state index contributed by atoms with van der Waals surface area (Å²) in [7, 11) is 0. The second kappa shape index (κ2) is 4.77. The molecule has 0 radical (unpaired) electrons. The topological polar surface area (TPSA) is 69.6 Å². The molecule has 2 aliphatic rings. The van der Waals surface area contributed by atoms with E-state index in [9.17, 15) is 19.1 Å². The van der Waals surface area contributed by atoms with Gasteiger partial charge in [-0.05, 0) is 31.0 Å². The quantitative estimate of drug-likeness (QED) is 0.854. The Bertz CT molecular complexity index is 576. The normalized spacial score (nSPS) is 25.2. The predicted octanol–water partition coefficient (Wildman–Crippen LogP) is 1.24. The van der Waals surface area contributed by atoms with Crippen LogP contribution in [0.5, 0.6) is 0 Å². The third-order valence-electron chi connectivity index (χ3n) is 4.10. The number of piperidine rings is 1. The summed E-state index contributed by atoms with van der Waals surface area (Å²) in [5.74, 6) is -1.80. The van der Waals surface area contributed by atoms with Gasteiger partial charge < -0.3 is 15.3 Å². The molecule has 1 aromatic carbocycles. The largest absolute Gasteiger partial charge is 0.478 e. The molecular weight excluding hydrogens is 263 g/mol. The molecule has 1 aromatic rings. The van der Waals surface area contributed by atoms with Crippen LogP contribution in [-0.4, -0.2) is 36.1 Å². The molecule has 20 heavy (non-hydrogen) atoms. The zero-order chi connectivity index (χ0) is 14.3. The fraction of sp³-hybridized carbons (Fsp3) is 0.429. The predicted molar refractivity (Wildman–Crippen MR) is 70.2 cm³/mol. The number of carboxylic acids is 1. The van der Waals surface area contributed by atoms with Crippen LogP contribution in [0.4, 0.5) is 10.1 Å². The highest BCUT2D eigenvalue weighted by atomic mass is 19.1. The zero-order valence-electron chi connectivity index (χ0n) is 10.8. The maximum atomic E-state index is 13.3. The molecule has 106 valence electrons. The number of benzene rings is 1. The summed E-state index contributed by atoms with van der Waals surface area (Å²) in [6.07, 6.45) is 1.64. The first-order chi connectivity index (χ1) is 9.58. The van der Waals surface area contributed by atoms with Crippen molar-refractivity contribution >= 4 is 17.6 Å². The van der Waals surface area contributed by atoms with E-state index in [-0.39, 0.29) is 23.4 Å². The van der Waals surface area contributed by atoms with Crippen LogP contribution in [0.25, 0.3) is 0 Å². The van der Waals surface area contributed by atoms with Crippen LogP contribution in [0, 0.1) is 11.7 Å². The molecule has 2 heterocycles. The van der Waals surface area contributed by atoms with Crippen molar-refractivity contribution in [3.8, 4) is 0 Å². The second-order valence-electron chi connectivity index (χ2n) is 5.22. The lowest BCUT2D eigenvalue weighted by molar-refractivity contribution is -0.123. The number of amides is 1. The van der Waals surface area contributed by atoms with Crippen molar-refractivity contribution in [1.82, 2.24) is 5.32 Å². The van der Waals surface area contributed by atoms with Gasteiger partial charge in [0.15, 0.2) is 0 Å². The van der Waals surface area contributed by atoms with E-state index in [0.29, 0.717) is 18.8 Å². The average Bonchev–Trinajstić information content (AvgIpc) is 2.81. The highest BCUT2D eigenvalue weighted by Gasteiger charge is 2.41. The van der Waals surface area contributed by atoms with Gasteiger partial charge in [0.1, 0.15) is 5.82 Å². The smallest absolute Gasteiger partial charge is 0.337 e. The van der Waals surface area contributed by atoms with Crippen LogP contribution in [0.2, 0.25) is 0 Å². The summed E-state index contributed by atoms with van der Waals surface area (Å²) < 4.78 is 13.3. The van der Waals surface area contributed by atoms with Crippen molar-refractivity contribution in [2.24, 2.45) is 5.92 Å². The molecule has 1 amide bonds. The highest BCUT2D eigenvalue weighted by Crippen LogP contribution is 2.33. The fourth-order valence-corrected chi connectivity index (χ4v) is 3.18. The van der Waals surface area contributed by atoms with Gasteiger partial charge >= 0.3 is 5.97 Å². The van der Waals surface area contributed by atoms with Crippen molar-refractivity contribution < 1.29 is 19.1 Å². The van der Waals surface area contributed by atoms with Crippen LogP contribution in [0.1, 0.15) is 23.2 Å². The molecule has 0 bridgehead atoms. The summed E-state index contributed by atoms with van der Waals surface area (Å²) in [5.41, 5.74) is 0.440. The van der Waals surface area contributed by atoms with Gasteiger partial charge in [-0.25, -0.2) is 9.18 Å². The number of nitrogens with zero attached hydrogens (tertiary/aromatic N) is 1. The van der Waals surface area contributed by atoms with Gasteiger partial charge in [0.05, 0.1) is 23.2 Å². The third kappa shape index (κ3) is 2.01. The Labute approximate surface area is 115 Å². The summed E-state index contributed by atoms with van der Waals surface area (Å²) in [4.78, 5) is 25.0. The molecule has 2 aliphatic heterocycles. The Balaban J connectivity index is 2.00. The number of carboxylic acid groups (broad SMARTS) is 1. The van der Waals surface area contributed by atoms with E-state index in [4.69, 9.17) is 0 Å². The maximum absolute atomic E-state index is 13.3. The van der Waals surface area contributed by atoms with E-state index in [0.717, 1.165) is 18.9 Å². The minimum atomic E-state index is -1.15. The van der Waals surface area contributed by atoms with E-state index < -0.39 is 11.8 Å². The van der Waals surface area contributed by atoms with Gasteiger partial charge in [0.2, 0.25) is 5.91 Å². The lowest BCUT2D eigenvalue weighted by Crippen LogP contribution is -2.46. The maximum Gasteiger partial charge on any atom is 0.337 e. The minimum absolute atomic E-state index is 0.0266. The third-order valence-corrected chi connectivity index (χ3v) is 4.10. The van der Waals surface area contributed by atoms with Crippen LogP contribution < -0.4 is 10.2 Å². The zero-order valence-corrected chi connectivity index (χ0v) is 10.8. The summed E-state index contributed by atoms with van der Waals surface area (Å²) >= 11 is 0. The van der Waals surface area contributed by atoms with Gasteiger partial charge in [-0.2, -0.15) is 0 Å². The SMILES string of the molecule is O=C(O)c1cc(F)ccc1N1CCCC2C(=O)NCC21. The van der Waals surface area contributed by atoms with E-state index in [1.807, 2.05) is 4.90 Å². The van der Waals surface area contributed by atoms with Gasteiger partial charge in [0.25, 0.3) is 0 Å². The first-order valence-corrected chi connectivity index (χ1v) is 6.65. The van der Waals surface area contributed by atoms with Crippen molar-refractivity contribution in [3.05, 3.63) is 29.6 Å². The Morgan fingerprint density at radius 3 is 3.00 bits per heavy atom. The number of hydrogen-bond acceptors (Lipinski definition) is 3. The van der Waals surface area contributed by atoms with Gasteiger partial charge in [-0.3, -0.25) is 4.79 Å². The Kier molecular flexibility index (Phi) is 3.08. The van der Waals surface area contributed by atoms with Crippen molar-refractivity contribution in [1.29, 1.82) is 0 Å². The standard InChI is InChI=1S/C14H15FN2O3/c15-8-3-4-11(10(6-8)14(19)20)17-5-1-2-9-12(17)7-16-13(9)18/h3-4,6,9,12H,1-2,5,7H2,(H,16,18)(H,19,20). The average molecular weight is 278 g/mol. The number of rotatable bonds is 2. The summed E-state index contributed by atoms with van der Waals surface area (Å²) in [6, 6.07) is 3.74. The van der Waals surface area contributed by atoms with E-state index >= 15 is 0 Å². The molecule has 2 fully saturated rings. The number of carbonyl (C=O) groups is 2. The molecule has 0 aromatic heterocycles. The molecule has 2 atom stereocenters. The molecule has 2 unspecified atom stereocenters. The molecule has 0 saturated carbocycles. The highest BCUT2D eigenvalue weighted by molar-refractivity contribution is 5.95. The van der Waals surface area contributed by atoms with E-state index in [2.05, 4.69) is 5.32 Å². The van der Waals surface area contributed by atoms with Crippen LogP contribution in [0.15, 0.2) is 18.2 Å². The molecule has 0 spiro atoms. The van der Waals surface area contributed by atoms with E-state index in [1.54, 1.807) is 0 Å². The molecule has 6 heteroatoms. The van der Waals surface area contributed by atoms with Gasteiger partial charge in [-0.15, -0.1) is 0 Å². The molecule has 2 saturated heterocycles. The Hall–Kier alpha value is -2.11. The monoisotopic (exact) mass is 278 g/mol. The lowest BCUT2D eigenvalue weighted by Gasteiger charge is -2.38. The Morgan fingerprint density at radius 1 is 1.45 bits per heavy atom. The molecule has 2 N–H and O–H groups in total. The number of fused-ring (bicyclic) bond motifs is 1. The fourth-order valence-electron chi connectivity index (χ4n) is 3.18. The number of halogens is 1. The number of carbonyl (C=O) groups excluding carboxylic acids is 1. The summed E-state index contributed by atoms with van der Waals surface area (Å²) in [6.45, 7) is 1.20. The van der Waals surface area contributed by atoms with Gasteiger partial charge in [0, 0.05) is 13.1 Å². The van der Waals surface area contributed by atoms with Crippen molar-refractivity contribution in [2.45, 2.75) is 18.9 Å². The first-order valence-electron chi connectivity index (χ1n) is 6.65. The number of anilines is 1. The second-order valence-corrected chi connectivity index (χ2v) is 5.22. The Morgan fingerprint density at radius 2 is 2.25 bits per heavy atom. The first kappa shape index (κ1) is 12.9. The van der Waals surface area contributed by atoms with Crippen molar-refractivity contribution in [3.63, 3.8) is 0 Å². The van der Waals surface area contributed by atoms with Crippen LogP contribution in [-0.2, 0) is 4.79 Å². The molecule has 3 rings (SSSR count). The number of hydrogen-bond donors (Lipinski definition) is 2. The summed E-state index contributed by atoms with van der Waals surface area (Å²) in [5, 5.41) is 12.1. The number of aromatic carboxylic acids is 1. The van der Waals surface area contributed by atoms with Crippen LogP contribution >= 0.6 is 0 Å².